The lowest BCUT2D eigenvalue weighted by Crippen LogP contribution is -2.47. The molecule has 1 atom stereocenters. The van der Waals surface area contributed by atoms with E-state index in [4.69, 9.17) is 0 Å². The van der Waals surface area contributed by atoms with E-state index in [0.717, 1.165) is 18.4 Å². The first-order valence-electron chi connectivity index (χ1n) is 8.62. The van der Waals surface area contributed by atoms with E-state index >= 15 is 0 Å². The monoisotopic (exact) mass is 385 g/mol. The minimum Gasteiger partial charge on any atom is -0.337 e. The van der Waals surface area contributed by atoms with Crippen LogP contribution in [0.4, 0.5) is 4.39 Å². The van der Waals surface area contributed by atoms with E-state index in [-0.39, 0.29) is 23.4 Å². The van der Waals surface area contributed by atoms with Gasteiger partial charge in [-0.2, -0.15) is 5.26 Å². The van der Waals surface area contributed by atoms with Gasteiger partial charge in [0.15, 0.2) is 11.0 Å². The number of hydrogen-bond donors (Lipinski definition) is 1. The topological polar surface area (TPSA) is 83.6 Å². The van der Waals surface area contributed by atoms with Gasteiger partial charge in [-0.3, -0.25) is 9.36 Å². The highest BCUT2D eigenvalue weighted by atomic mass is 32.2. The van der Waals surface area contributed by atoms with E-state index in [2.05, 4.69) is 28.2 Å². The SMILES string of the molecule is C=CCn1c(SCC(=O)NC(C)(C#N)C2CC2)nnc1-c1ccc(F)cc1. The minimum absolute atomic E-state index is 0.128. The van der Waals surface area contributed by atoms with E-state index in [1.807, 2.05) is 4.57 Å². The number of hydrogen-bond acceptors (Lipinski definition) is 5. The molecule has 8 heteroatoms. The van der Waals surface area contributed by atoms with Crippen molar-refractivity contribution in [3.05, 3.63) is 42.7 Å². The van der Waals surface area contributed by atoms with E-state index in [9.17, 15) is 14.4 Å². The maximum absolute atomic E-state index is 13.2. The summed E-state index contributed by atoms with van der Waals surface area (Å²) in [5.74, 6) is 0.398. The fraction of sp³-hybridized carbons (Fsp3) is 0.368. The fourth-order valence-corrected chi connectivity index (χ4v) is 3.59. The molecule has 1 fully saturated rings. The average molecular weight is 385 g/mol. The number of nitriles is 1. The molecule has 3 rings (SSSR count). The number of allylic oxidation sites excluding steroid dienone is 1. The first-order valence-corrected chi connectivity index (χ1v) is 9.60. The zero-order valence-electron chi connectivity index (χ0n) is 15.0. The summed E-state index contributed by atoms with van der Waals surface area (Å²) in [5, 5.41) is 21.1. The molecule has 0 bridgehead atoms. The number of nitrogens with one attached hydrogen (secondary N) is 1. The molecule has 0 aliphatic heterocycles. The number of thioether (sulfide) groups is 1. The highest BCUT2D eigenvalue weighted by molar-refractivity contribution is 7.99. The van der Waals surface area contributed by atoms with Crippen LogP contribution in [0.5, 0.6) is 0 Å². The van der Waals surface area contributed by atoms with Gasteiger partial charge in [-0.25, -0.2) is 4.39 Å². The number of amides is 1. The van der Waals surface area contributed by atoms with Gasteiger partial charge in [0.05, 0.1) is 11.8 Å². The maximum Gasteiger partial charge on any atom is 0.231 e. The Kier molecular flexibility index (Phi) is 5.61. The van der Waals surface area contributed by atoms with E-state index < -0.39 is 5.54 Å². The van der Waals surface area contributed by atoms with Crippen molar-refractivity contribution in [2.24, 2.45) is 5.92 Å². The predicted molar refractivity (Wildman–Crippen MR) is 101 cm³/mol. The van der Waals surface area contributed by atoms with E-state index in [1.54, 1.807) is 25.1 Å². The number of carbonyl (C=O) groups excluding carboxylic acids is 1. The fourth-order valence-electron chi connectivity index (χ4n) is 2.84. The highest BCUT2D eigenvalue weighted by Gasteiger charge is 2.42. The molecular formula is C19H20FN5OS. The van der Waals surface area contributed by atoms with E-state index in [0.29, 0.717) is 17.5 Å². The molecule has 1 aromatic carbocycles. The Morgan fingerprint density at radius 2 is 2.19 bits per heavy atom. The van der Waals surface area contributed by atoms with Crippen LogP contribution >= 0.6 is 11.8 Å². The zero-order chi connectivity index (χ0) is 19.4. The van der Waals surface area contributed by atoms with Gasteiger partial charge in [0.1, 0.15) is 11.4 Å². The van der Waals surface area contributed by atoms with Gasteiger partial charge in [-0.05, 0) is 49.9 Å². The number of nitrogens with zero attached hydrogens (tertiary/aromatic N) is 4. The minimum atomic E-state index is -0.814. The molecule has 0 radical (unpaired) electrons. The molecule has 27 heavy (non-hydrogen) atoms. The van der Waals surface area contributed by atoms with Crippen molar-refractivity contribution in [3.63, 3.8) is 0 Å². The summed E-state index contributed by atoms with van der Waals surface area (Å²) in [6.45, 7) is 5.97. The lowest BCUT2D eigenvalue weighted by atomic mass is 9.98. The van der Waals surface area contributed by atoms with E-state index in [1.165, 1.54) is 23.9 Å². The summed E-state index contributed by atoms with van der Waals surface area (Å²) in [6, 6.07) is 8.21. The zero-order valence-corrected chi connectivity index (χ0v) is 15.8. The average Bonchev–Trinajstić information content (AvgIpc) is 3.44. The molecule has 1 unspecified atom stereocenters. The summed E-state index contributed by atoms with van der Waals surface area (Å²) in [4.78, 5) is 12.3. The Hall–Kier alpha value is -2.66. The van der Waals surface area contributed by atoms with Gasteiger partial charge in [-0.15, -0.1) is 16.8 Å². The summed E-state index contributed by atoms with van der Waals surface area (Å²) in [5.41, 5.74) is -0.0843. The Morgan fingerprint density at radius 3 is 2.78 bits per heavy atom. The third-order valence-electron chi connectivity index (χ3n) is 4.49. The molecule has 1 amide bonds. The third-order valence-corrected chi connectivity index (χ3v) is 5.46. The van der Waals surface area contributed by atoms with Gasteiger partial charge in [0.2, 0.25) is 5.91 Å². The second-order valence-corrected chi connectivity index (χ2v) is 7.58. The third kappa shape index (κ3) is 4.37. The molecule has 1 aliphatic rings. The van der Waals surface area contributed by atoms with Crippen molar-refractivity contribution >= 4 is 17.7 Å². The summed E-state index contributed by atoms with van der Waals surface area (Å²) >= 11 is 1.24. The second kappa shape index (κ2) is 7.92. The molecule has 0 spiro atoms. The van der Waals surface area contributed by atoms with Crippen molar-refractivity contribution in [1.29, 1.82) is 5.26 Å². The normalized spacial score (nSPS) is 15.6. The summed E-state index contributed by atoms with van der Waals surface area (Å²) < 4.78 is 15.0. The smallest absolute Gasteiger partial charge is 0.231 e. The predicted octanol–water partition coefficient (Wildman–Crippen LogP) is 3.17. The van der Waals surface area contributed by atoms with Crippen LogP contribution in [0, 0.1) is 23.1 Å². The van der Waals surface area contributed by atoms with Crippen molar-refractivity contribution in [3.8, 4) is 17.5 Å². The molecule has 1 saturated carbocycles. The maximum atomic E-state index is 13.2. The molecular weight excluding hydrogens is 365 g/mol. The standard InChI is InChI=1S/C19H20FN5OS/c1-3-10-25-17(13-4-8-15(20)9-5-13)23-24-18(25)27-11-16(26)22-19(2,12-21)14-6-7-14/h3-5,8-9,14H,1,6-7,10-11H2,2H3,(H,22,26). The van der Waals surface area contributed by atoms with Crippen LogP contribution in [0.25, 0.3) is 11.4 Å². The molecule has 6 nitrogen and oxygen atoms in total. The lowest BCUT2D eigenvalue weighted by Gasteiger charge is -2.22. The number of carbonyl (C=O) groups is 1. The van der Waals surface area contributed by atoms with Crippen LogP contribution in [0.15, 0.2) is 42.1 Å². The van der Waals surface area contributed by atoms with Crippen LogP contribution in [-0.2, 0) is 11.3 Å². The van der Waals surface area contributed by atoms with Crippen LogP contribution in [0.2, 0.25) is 0 Å². The molecule has 1 aromatic heterocycles. The molecule has 1 N–H and O–H groups in total. The van der Waals surface area contributed by atoms with Crippen molar-refractivity contribution < 1.29 is 9.18 Å². The summed E-state index contributed by atoms with van der Waals surface area (Å²) in [7, 11) is 0. The quantitative estimate of drug-likeness (QED) is 0.557. The second-order valence-electron chi connectivity index (χ2n) is 6.64. The van der Waals surface area contributed by atoms with Gasteiger partial charge in [0.25, 0.3) is 0 Å². The van der Waals surface area contributed by atoms with Gasteiger partial charge in [-0.1, -0.05) is 17.8 Å². The molecule has 0 saturated heterocycles. The lowest BCUT2D eigenvalue weighted by molar-refractivity contribution is -0.119. The van der Waals surface area contributed by atoms with Gasteiger partial charge >= 0.3 is 0 Å². The molecule has 2 aromatic rings. The Bertz CT molecular complexity index is 884. The first-order chi connectivity index (χ1) is 13.0. The highest BCUT2D eigenvalue weighted by Crippen LogP contribution is 2.39. The molecule has 1 aliphatic carbocycles. The van der Waals surface area contributed by atoms with Crippen molar-refractivity contribution in [1.82, 2.24) is 20.1 Å². The molecule has 1 heterocycles. The number of rotatable bonds is 8. The van der Waals surface area contributed by atoms with Crippen LogP contribution in [-0.4, -0.2) is 32.0 Å². The number of halogens is 1. The Morgan fingerprint density at radius 1 is 1.48 bits per heavy atom. The van der Waals surface area contributed by atoms with Crippen LogP contribution in [0.1, 0.15) is 19.8 Å². The first kappa shape index (κ1) is 19.1. The van der Waals surface area contributed by atoms with Crippen molar-refractivity contribution in [2.75, 3.05) is 5.75 Å². The van der Waals surface area contributed by atoms with Crippen LogP contribution in [0.3, 0.4) is 0 Å². The number of aromatic nitrogens is 3. The number of benzene rings is 1. The Labute approximate surface area is 161 Å². The largest absolute Gasteiger partial charge is 0.337 e. The summed E-state index contributed by atoms with van der Waals surface area (Å²) in [6.07, 6.45) is 3.64. The van der Waals surface area contributed by atoms with Gasteiger partial charge < -0.3 is 5.32 Å². The Balaban J connectivity index is 1.71. The van der Waals surface area contributed by atoms with Crippen molar-refractivity contribution in [2.45, 2.75) is 37.0 Å². The van der Waals surface area contributed by atoms with Crippen LogP contribution < -0.4 is 5.32 Å². The molecule has 140 valence electrons. The van der Waals surface area contributed by atoms with Gasteiger partial charge in [0, 0.05) is 12.1 Å².